The third-order valence-corrected chi connectivity index (χ3v) is 1.20. The van der Waals surface area contributed by atoms with E-state index in [0.717, 1.165) is 6.66 Å². The van der Waals surface area contributed by atoms with E-state index in [1.165, 1.54) is 0 Å². The molecule has 0 rings (SSSR count). The Morgan fingerprint density at radius 3 is 1.89 bits per heavy atom. The van der Waals surface area contributed by atoms with Crippen molar-refractivity contribution in [1.29, 1.82) is 0 Å². The Hall–Kier alpha value is 0.743. The second-order valence-electron chi connectivity index (χ2n) is 1.90. The van der Waals surface area contributed by atoms with Crippen LogP contribution in [0.3, 0.4) is 0 Å². The molecule has 0 aliphatic rings. The Labute approximate surface area is 67.5 Å². The van der Waals surface area contributed by atoms with Gasteiger partial charge in [-0.15, -0.1) is 0 Å². The van der Waals surface area contributed by atoms with Crippen LogP contribution in [-0.4, -0.2) is 12.8 Å². The molecule has 0 amide bonds. The van der Waals surface area contributed by atoms with Gasteiger partial charge in [-0.3, -0.25) is 4.57 Å². The molecule has 0 N–H and O–H groups in total. The minimum absolute atomic E-state index is 0. The fraction of sp³-hybridized carbons (Fsp3) is 1.00. The van der Waals surface area contributed by atoms with Gasteiger partial charge in [-0.25, -0.2) is 0 Å². The first-order valence-corrected chi connectivity index (χ1v) is 4.33. The summed E-state index contributed by atoms with van der Waals surface area (Å²) in [6, 6.07) is 0. The molecule has 0 radical (unpaired) electrons. The molecule has 0 aromatic heterocycles. The molecule has 1 unspecified atom stereocenters. The molecule has 0 aromatic carbocycles. The Bertz CT molecular complexity index is 111. The third kappa shape index (κ3) is 12.1. The van der Waals surface area contributed by atoms with Gasteiger partial charge in [0.15, 0.2) is 0 Å². The fourth-order valence-electron chi connectivity index (χ4n) is 0.377. The Balaban J connectivity index is 0. The summed E-state index contributed by atoms with van der Waals surface area (Å²) in [6.07, 6.45) is -0.296. The monoisotopic (exact) mass is 204 g/mol. The van der Waals surface area contributed by atoms with Crippen molar-refractivity contribution in [3.8, 4) is 0 Å². The first-order valence-electron chi connectivity index (χ1n) is 2.37. The molecule has 0 aliphatic heterocycles. The van der Waals surface area contributed by atoms with Crippen molar-refractivity contribution in [2.45, 2.75) is 20.0 Å². The van der Waals surface area contributed by atoms with Gasteiger partial charge >= 0.3 is 7.68 Å². The molecular weight excluding hydrogens is 195 g/mol. The van der Waals surface area contributed by atoms with Crippen molar-refractivity contribution in [2.75, 3.05) is 6.66 Å². The van der Waals surface area contributed by atoms with Crippen LogP contribution in [0.1, 0.15) is 13.8 Å². The van der Waals surface area contributed by atoms with Gasteiger partial charge in [0.2, 0.25) is 0 Å². The summed E-state index contributed by atoms with van der Waals surface area (Å²) in [7, 11) is -3.72. The molecule has 0 aromatic rings. The summed E-state index contributed by atoms with van der Waals surface area (Å²) in [4.78, 5) is 0. The minimum atomic E-state index is -3.72. The van der Waals surface area contributed by atoms with Crippen molar-refractivity contribution in [3.05, 3.63) is 0 Å². The summed E-state index contributed by atoms with van der Waals surface area (Å²) in [5, 5.41) is 0. The molecule has 5 heteroatoms. The van der Waals surface area contributed by atoms with E-state index >= 15 is 0 Å². The average Bonchev–Trinajstić information content (AvgIpc) is 1.21. The largest absolute Gasteiger partial charge is 0.364 e. The van der Waals surface area contributed by atoms with Crippen molar-refractivity contribution >= 4 is 7.68 Å². The summed E-state index contributed by atoms with van der Waals surface area (Å²) in [6.45, 7) is 4.22. The van der Waals surface area contributed by atoms with Crippen LogP contribution in [0.4, 0.5) is 4.20 Å². The summed E-state index contributed by atoms with van der Waals surface area (Å²) in [5.41, 5.74) is 0. The van der Waals surface area contributed by atoms with Crippen LogP contribution in [0.15, 0.2) is 0 Å². The molecule has 0 bridgehead atoms. The van der Waals surface area contributed by atoms with Gasteiger partial charge < -0.3 is 4.52 Å². The number of hydrogen-bond acceptors (Lipinski definition) is 2. The van der Waals surface area contributed by atoms with E-state index < -0.39 is 7.68 Å². The van der Waals surface area contributed by atoms with Gasteiger partial charge in [-0.1, -0.05) is 0 Å². The van der Waals surface area contributed by atoms with Crippen LogP contribution in [0.25, 0.3) is 0 Å². The number of rotatable bonds is 2. The maximum atomic E-state index is 12.0. The first-order chi connectivity index (χ1) is 3.42. The normalized spacial score (nSPS) is 16.6. The van der Waals surface area contributed by atoms with E-state index in [9.17, 15) is 8.76 Å². The summed E-state index contributed by atoms with van der Waals surface area (Å²) >= 11 is 0. The molecule has 1 atom stereocenters. The molecular formula is C4H10FO2PZn. The van der Waals surface area contributed by atoms with Crippen LogP contribution in [-0.2, 0) is 28.6 Å². The zero-order valence-electron chi connectivity index (χ0n) is 5.93. The molecule has 0 fully saturated rings. The Morgan fingerprint density at radius 2 is 1.89 bits per heavy atom. The van der Waals surface area contributed by atoms with Crippen LogP contribution in [0.5, 0.6) is 0 Å². The van der Waals surface area contributed by atoms with E-state index in [0.29, 0.717) is 0 Å². The van der Waals surface area contributed by atoms with Gasteiger partial charge in [-0.2, -0.15) is 4.20 Å². The first kappa shape index (κ1) is 12.4. The van der Waals surface area contributed by atoms with E-state index in [4.69, 9.17) is 0 Å². The molecule has 52 valence electrons. The third-order valence-electron chi connectivity index (χ3n) is 0.399. The predicted molar refractivity (Wildman–Crippen MR) is 30.9 cm³/mol. The van der Waals surface area contributed by atoms with E-state index in [-0.39, 0.29) is 25.6 Å². The SMILES string of the molecule is CC(C)OP(C)(=O)F.[Zn]. The molecule has 0 heterocycles. The molecule has 0 saturated carbocycles. The number of halogens is 1. The smallest absolute Gasteiger partial charge is 0.303 e. The van der Waals surface area contributed by atoms with E-state index in [1.54, 1.807) is 13.8 Å². The molecule has 9 heavy (non-hydrogen) atoms. The van der Waals surface area contributed by atoms with Crippen molar-refractivity contribution in [2.24, 2.45) is 0 Å². The average molecular weight is 205 g/mol. The quantitative estimate of drug-likeness (QED) is 0.510. The molecule has 0 saturated heterocycles. The van der Waals surface area contributed by atoms with E-state index in [2.05, 4.69) is 4.52 Å². The summed E-state index contributed by atoms with van der Waals surface area (Å²) < 4.78 is 26.4. The van der Waals surface area contributed by atoms with Gasteiger partial charge in [0.05, 0.1) is 6.10 Å². The van der Waals surface area contributed by atoms with Gasteiger partial charge in [0.25, 0.3) is 0 Å². The second-order valence-corrected chi connectivity index (χ2v) is 3.61. The van der Waals surface area contributed by atoms with Crippen molar-refractivity contribution in [3.63, 3.8) is 0 Å². The zero-order valence-corrected chi connectivity index (χ0v) is 9.79. The summed E-state index contributed by atoms with van der Waals surface area (Å²) in [5.74, 6) is 0. The van der Waals surface area contributed by atoms with Crippen LogP contribution in [0.2, 0.25) is 0 Å². The Morgan fingerprint density at radius 1 is 1.56 bits per heavy atom. The van der Waals surface area contributed by atoms with Gasteiger partial charge in [-0.05, 0) is 13.8 Å². The second kappa shape index (κ2) is 4.54. The standard InChI is InChI=1S/C4H10FO2P.Zn/c1-4(2)7-8(3,5)6;/h4H,1-3H3;. The van der Waals surface area contributed by atoms with Crippen molar-refractivity contribution in [1.82, 2.24) is 0 Å². The fourth-order valence-corrected chi connectivity index (χ4v) is 1.13. The minimum Gasteiger partial charge on any atom is -0.303 e. The van der Waals surface area contributed by atoms with Crippen LogP contribution in [0, 0.1) is 0 Å². The molecule has 0 aliphatic carbocycles. The topological polar surface area (TPSA) is 26.3 Å². The zero-order chi connectivity index (χ0) is 6.78. The van der Waals surface area contributed by atoms with Crippen LogP contribution >= 0.6 is 7.68 Å². The maximum absolute atomic E-state index is 12.0. The van der Waals surface area contributed by atoms with Crippen molar-refractivity contribution < 1.29 is 32.8 Å². The molecule has 0 spiro atoms. The maximum Gasteiger partial charge on any atom is 0.364 e. The van der Waals surface area contributed by atoms with Crippen LogP contribution < -0.4 is 0 Å². The number of hydrogen-bond donors (Lipinski definition) is 0. The van der Waals surface area contributed by atoms with Gasteiger partial charge in [0.1, 0.15) is 0 Å². The van der Waals surface area contributed by atoms with Gasteiger partial charge in [0, 0.05) is 26.1 Å². The van der Waals surface area contributed by atoms with E-state index in [1.807, 2.05) is 0 Å². The predicted octanol–water partition coefficient (Wildman–Crippen LogP) is 2.20. The Kier molecular flexibility index (Phi) is 6.27. The molecule has 2 nitrogen and oxygen atoms in total.